The third-order valence-corrected chi connectivity index (χ3v) is 4.72. The monoisotopic (exact) mass is 382 g/mol. The average molecular weight is 382 g/mol. The van der Waals surface area contributed by atoms with Gasteiger partial charge in [0.1, 0.15) is 0 Å². The summed E-state index contributed by atoms with van der Waals surface area (Å²) in [7, 11) is 1.31. The summed E-state index contributed by atoms with van der Waals surface area (Å²) in [6.45, 7) is 0.214. The van der Waals surface area contributed by atoms with E-state index in [1.807, 2.05) is 23.6 Å². The SMILES string of the molecule is COC(=O)c1ccc(C(=O)Nc2nc(-c3ccc4c(c3)OCO4)cs2)cc1. The Balaban J connectivity index is 1.47. The van der Waals surface area contributed by atoms with Crippen LogP contribution >= 0.6 is 11.3 Å². The number of amides is 1. The van der Waals surface area contributed by atoms with Crippen LogP contribution < -0.4 is 14.8 Å². The van der Waals surface area contributed by atoms with Gasteiger partial charge in [-0.05, 0) is 42.5 Å². The van der Waals surface area contributed by atoms with E-state index in [1.165, 1.54) is 18.4 Å². The quantitative estimate of drug-likeness (QED) is 0.694. The molecule has 0 saturated heterocycles. The van der Waals surface area contributed by atoms with Crippen LogP contribution in [-0.4, -0.2) is 30.8 Å². The Bertz CT molecular complexity index is 1010. The van der Waals surface area contributed by atoms with Crippen molar-refractivity contribution in [1.82, 2.24) is 4.98 Å². The Kier molecular flexibility index (Phi) is 4.47. The molecule has 0 aliphatic carbocycles. The molecule has 0 spiro atoms. The van der Waals surface area contributed by atoms with Crippen molar-refractivity contribution in [2.24, 2.45) is 0 Å². The molecule has 4 rings (SSSR count). The number of benzene rings is 2. The topological polar surface area (TPSA) is 86.8 Å². The summed E-state index contributed by atoms with van der Waals surface area (Å²) in [5.41, 5.74) is 2.41. The molecule has 0 atom stereocenters. The lowest BCUT2D eigenvalue weighted by molar-refractivity contribution is 0.0600. The Morgan fingerprint density at radius 2 is 1.81 bits per heavy atom. The van der Waals surface area contributed by atoms with Crippen LogP contribution in [-0.2, 0) is 4.74 Å². The first-order chi connectivity index (χ1) is 13.1. The molecular weight excluding hydrogens is 368 g/mol. The van der Waals surface area contributed by atoms with Gasteiger partial charge in [-0.3, -0.25) is 10.1 Å². The van der Waals surface area contributed by atoms with Crippen LogP contribution in [0.3, 0.4) is 0 Å². The third kappa shape index (κ3) is 3.47. The van der Waals surface area contributed by atoms with E-state index < -0.39 is 5.97 Å². The molecule has 8 heteroatoms. The molecule has 2 aromatic carbocycles. The summed E-state index contributed by atoms with van der Waals surface area (Å²) in [4.78, 5) is 28.3. The molecule has 0 bridgehead atoms. The van der Waals surface area contributed by atoms with Gasteiger partial charge >= 0.3 is 5.97 Å². The van der Waals surface area contributed by atoms with E-state index in [0.29, 0.717) is 27.8 Å². The minimum Gasteiger partial charge on any atom is -0.465 e. The summed E-state index contributed by atoms with van der Waals surface area (Å²) in [6, 6.07) is 11.8. The highest BCUT2D eigenvalue weighted by Crippen LogP contribution is 2.36. The molecule has 1 amide bonds. The highest BCUT2D eigenvalue weighted by atomic mass is 32.1. The molecule has 1 aliphatic rings. The van der Waals surface area contributed by atoms with E-state index in [-0.39, 0.29) is 12.7 Å². The summed E-state index contributed by atoms with van der Waals surface area (Å²) < 4.78 is 15.3. The van der Waals surface area contributed by atoms with Gasteiger partial charge < -0.3 is 14.2 Å². The summed E-state index contributed by atoms with van der Waals surface area (Å²) in [6.07, 6.45) is 0. The molecule has 0 radical (unpaired) electrons. The van der Waals surface area contributed by atoms with Gasteiger partial charge in [-0.2, -0.15) is 0 Å². The van der Waals surface area contributed by atoms with E-state index in [4.69, 9.17) is 9.47 Å². The van der Waals surface area contributed by atoms with E-state index in [2.05, 4.69) is 15.0 Å². The van der Waals surface area contributed by atoms with Crippen molar-refractivity contribution in [2.75, 3.05) is 19.2 Å². The number of fused-ring (bicyclic) bond motifs is 1. The third-order valence-electron chi connectivity index (χ3n) is 3.96. The van der Waals surface area contributed by atoms with Crippen LogP contribution in [0.25, 0.3) is 11.3 Å². The maximum Gasteiger partial charge on any atom is 0.337 e. The molecule has 3 aromatic rings. The predicted molar refractivity (Wildman–Crippen MR) is 99.4 cm³/mol. The fourth-order valence-electron chi connectivity index (χ4n) is 2.56. The van der Waals surface area contributed by atoms with Crippen molar-refractivity contribution < 1.29 is 23.8 Å². The number of aromatic nitrogens is 1. The lowest BCUT2D eigenvalue weighted by Crippen LogP contribution is -2.12. The number of hydrogen-bond donors (Lipinski definition) is 1. The van der Waals surface area contributed by atoms with E-state index in [9.17, 15) is 9.59 Å². The molecule has 7 nitrogen and oxygen atoms in total. The lowest BCUT2D eigenvalue weighted by atomic mass is 10.1. The summed E-state index contributed by atoms with van der Waals surface area (Å²) in [5.74, 6) is 0.628. The fourth-order valence-corrected chi connectivity index (χ4v) is 3.28. The number of nitrogens with zero attached hydrogens (tertiary/aromatic N) is 1. The molecule has 136 valence electrons. The number of hydrogen-bond acceptors (Lipinski definition) is 7. The van der Waals surface area contributed by atoms with Gasteiger partial charge in [-0.1, -0.05) is 0 Å². The fraction of sp³-hybridized carbons (Fsp3) is 0.105. The zero-order valence-corrected chi connectivity index (χ0v) is 15.0. The number of rotatable bonds is 4. The second-order valence-corrected chi connectivity index (χ2v) is 6.49. The van der Waals surface area contributed by atoms with Gasteiger partial charge in [-0.15, -0.1) is 11.3 Å². The lowest BCUT2D eigenvalue weighted by Gasteiger charge is -2.03. The number of thiazole rings is 1. The number of methoxy groups -OCH3 is 1. The number of carbonyl (C=O) groups is 2. The van der Waals surface area contributed by atoms with Gasteiger partial charge in [0.15, 0.2) is 16.6 Å². The number of anilines is 1. The van der Waals surface area contributed by atoms with Crippen LogP contribution in [0.2, 0.25) is 0 Å². The van der Waals surface area contributed by atoms with Crippen molar-refractivity contribution in [2.45, 2.75) is 0 Å². The average Bonchev–Trinajstić information content (AvgIpc) is 3.36. The zero-order valence-electron chi connectivity index (χ0n) is 14.2. The molecule has 1 N–H and O–H groups in total. The van der Waals surface area contributed by atoms with Crippen LogP contribution in [0.5, 0.6) is 11.5 Å². The van der Waals surface area contributed by atoms with Gasteiger partial charge in [-0.25, -0.2) is 9.78 Å². The number of ether oxygens (including phenoxy) is 3. The number of carbonyl (C=O) groups excluding carboxylic acids is 2. The maximum atomic E-state index is 12.4. The largest absolute Gasteiger partial charge is 0.465 e. The molecule has 27 heavy (non-hydrogen) atoms. The first-order valence-corrected chi connectivity index (χ1v) is 8.87. The van der Waals surface area contributed by atoms with Crippen LogP contribution in [0.15, 0.2) is 47.8 Å². The molecule has 0 fully saturated rings. The van der Waals surface area contributed by atoms with Gasteiger partial charge in [0.2, 0.25) is 6.79 Å². The smallest absolute Gasteiger partial charge is 0.337 e. The molecule has 2 heterocycles. The Morgan fingerprint density at radius 1 is 1.07 bits per heavy atom. The van der Waals surface area contributed by atoms with Gasteiger partial charge in [0.25, 0.3) is 5.91 Å². The van der Waals surface area contributed by atoms with Gasteiger partial charge in [0.05, 0.1) is 18.4 Å². The molecule has 0 unspecified atom stereocenters. The predicted octanol–water partition coefficient (Wildman–Crippen LogP) is 3.58. The van der Waals surface area contributed by atoms with Crippen molar-refractivity contribution in [3.8, 4) is 22.8 Å². The van der Waals surface area contributed by atoms with Gasteiger partial charge in [0, 0.05) is 16.5 Å². The van der Waals surface area contributed by atoms with Crippen molar-refractivity contribution in [3.63, 3.8) is 0 Å². The first-order valence-electron chi connectivity index (χ1n) is 7.99. The van der Waals surface area contributed by atoms with E-state index >= 15 is 0 Å². The van der Waals surface area contributed by atoms with Crippen LogP contribution in [0.4, 0.5) is 5.13 Å². The Morgan fingerprint density at radius 3 is 2.59 bits per heavy atom. The van der Waals surface area contributed by atoms with Crippen molar-refractivity contribution in [3.05, 3.63) is 59.0 Å². The van der Waals surface area contributed by atoms with E-state index in [0.717, 1.165) is 11.3 Å². The second kappa shape index (κ2) is 7.08. The Labute approximate surface area is 158 Å². The summed E-state index contributed by atoms with van der Waals surface area (Å²) in [5, 5.41) is 5.09. The zero-order chi connectivity index (χ0) is 18.8. The molecule has 1 aromatic heterocycles. The highest BCUT2D eigenvalue weighted by molar-refractivity contribution is 7.14. The Hall–Kier alpha value is -3.39. The standard InChI is InChI=1S/C19H14N2O5S/c1-24-18(23)12-4-2-11(3-5-12)17(22)21-19-20-14(9-27-19)13-6-7-15-16(8-13)26-10-25-15/h2-9H,10H2,1H3,(H,20,21,22). The van der Waals surface area contributed by atoms with Crippen LogP contribution in [0, 0.1) is 0 Å². The molecular formula is C19H14N2O5S. The van der Waals surface area contributed by atoms with E-state index in [1.54, 1.807) is 24.3 Å². The first kappa shape index (κ1) is 17.0. The number of nitrogens with one attached hydrogen (secondary N) is 1. The molecule has 1 aliphatic heterocycles. The van der Waals surface area contributed by atoms with Crippen molar-refractivity contribution in [1.29, 1.82) is 0 Å². The number of esters is 1. The normalized spacial score (nSPS) is 11.9. The molecule has 0 saturated carbocycles. The summed E-state index contributed by atoms with van der Waals surface area (Å²) >= 11 is 1.32. The minimum absolute atomic E-state index is 0.214. The highest BCUT2D eigenvalue weighted by Gasteiger charge is 2.16. The second-order valence-electron chi connectivity index (χ2n) is 5.63. The minimum atomic E-state index is -0.449. The maximum absolute atomic E-state index is 12.4. The van der Waals surface area contributed by atoms with Crippen LogP contribution in [0.1, 0.15) is 20.7 Å². The van der Waals surface area contributed by atoms with Crippen molar-refractivity contribution >= 4 is 28.3 Å².